The van der Waals surface area contributed by atoms with Crippen LogP contribution in [0.4, 0.5) is 0 Å². The second-order valence-corrected chi connectivity index (χ2v) is 3.49. The van der Waals surface area contributed by atoms with Crippen LogP contribution >= 0.6 is 11.8 Å². The van der Waals surface area contributed by atoms with Gasteiger partial charge in [-0.25, -0.2) is 0 Å². The molecule has 0 saturated carbocycles. The smallest absolute Gasteiger partial charge is 0.304 e. The van der Waals surface area contributed by atoms with E-state index in [9.17, 15) is 4.79 Å². The van der Waals surface area contributed by atoms with Gasteiger partial charge < -0.3 is 4.74 Å². The third kappa shape index (κ3) is 3.11. The van der Waals surface area contributed by atoms with E-state index in [1.54, 1.807) is 0 Å². The van der Waals surface area contributed by atoms with E-state index in [-0.39, 0.29) is 11.4 Å². The van der Waals surface area contributed by atoms with Gasteiger partial charge in [0.15, 0.2) is 5.44 Å². The van der Waals surface area contributed by atoms with Crippen LogP contribution in [0, 0.1) is 0 Å². The molecule has 0 heterocycles. The maximum absolute atomic E-state index is 10.8. The van der Waals surface area contributed by atoms with Gasteiger partial charge in [0.2, 0.25) is 0 Å². The number of carbonyl (C=O) groups is 1. The molecule has 0 amide bonds. The number of esters is 1. The molecule has 0 spiro atoms. The zero-order valence-corrected chi connectivity index (χ0v) is 8.51. The van der Waals surface area contributed by atoms with Crippen LogP contribution < -0.4 is 0 Å². The largest absolute Gasteiger partial charge is 0.446 e. The SMILES string of the molecule is CSC(OC(C)=O)c1ccccc1. The van der Waals surface area contributed by atoms with Crippen LogP contribution in [0.25, 0.3) is 0 Å². The minimum atomic E-state index is -0.247. The van der Waals surface area contributed by atoms with E-state index in [0.29, 0.717) is 0 Å². The molecule has 1 atom stereocenters. The molecule has 0 aliphatic carbocycles. The lowest BCUT2D eigenvalue weighted by molar-refractivity contribution is -0.142. The number of hydrogen-bond donors (Lipinski definition) is 0. The molecule has 0 radical (unpaired) electrons. The van der Waals surface area contributed by atoms with Crippen LogP contribution in [0.5, 0.6) is 0 Å². The van der Waals surface area contributed by atoms with E-state index in [1.807, 2.05) is 36.6 Å². The van der Waals surface area contributed by atoms with Gasteiger partial charge in [-0.15, -0.1) is 11.8 Å². The molecule has 0 N–H and O–H groups in total. The third-order valence-electron chi connectivity index (χ3n) is 1.56. The minimum Gasteiger partial charge on any atom is -0.446 e. The highest BCUT2D eigenvalue weighted by Gasteiger charge is 2.11. The first-order valence-corrected chi connectivity index (χ1v) is 5.28. The van der Waals surface area contributed by atoms with Crippen molar-refractivity contribution in [1.29, 1.82) is 0 Å². The second-order valence-electron chi connectivity index (χ2n) is 2.59. The number of rotatable bonds is 3. The first-order valence-electron chi connectivity index (χ1n) is 3.99. The summed E-state index contributed by atoms with van der Waals surface area (Å²) in [6, 6.07) is 9.70. The molecule has 1 unspecified atom stereocenters. The highest BCUT2D eigenvalue weighted by atomic mass is 32.2. The summed E-state index contributed by atoms with van der Waals surface area (Å²) in [6.45, 7) is 1.42. The van der Waals surface area contributed by atoms with Crippen molar-refractivity contribution < 1.29 is 9.53 Å². The van der Waals surface area contributed by atoms with Crippen LogP contribution in [-0.4, -0.2) is 12.2 Å². The van der Waals surface area contributed by atoms with Gasteiger partial charge in [0.25, 0.3) is 0 Å². The van der Waals surface area contributed by atoms with Crippen LogP contribution in [0.3, 0.4) is 0 Å². The van der Waals surface area contributed by atoms with E-state index < -0.39 is 0 Å². The molecule has 1 rings (SSSR count). The summed E-state index contributed by atoms with van der Waals surface area (Å²) in [4.78, 5) is 10.8. The summed E-state index contributed by atoms with van der Waals surface area (Å²) in [5.41, 5.74) is 0.837. The number of benzene rings is 1. The molecular weight excluding hydrogens is 184 g/mol. The highest BCUT2D eigenvalue weighted by Crippen LogP contribution is 2.27. The maximum atomic E-state index is 10.8. The van der Waals surface area contributed by atoms with Crippen molar-refractivity contribution in [2.45, 2.75) is 12.4 Å². The van der Waals surface area contributed by atoms with Gasteiger partial charge in [-0.05, 0) is 6.26 Å². The normalized spacial score (nSPS) is 12.2. The number of thioether (sulfide) groups is 1. The molecule has 70 valence electrons. The fourth-order valence-corrected chi connectivity index (χ4v) is 1.67. The van der Waals surface area contributed by atoms with Crippen LogP contribution in [-0.2, 0) is 9.53 Å². The van der Waals surface area contributed by atoms with Gasteiger partial charge in [-0.3, -0.25) is 4.79 Å². The van der Waals surface area contributed by atoms with Gasteiger partial charge in [-0.2, -0.15) is 0 Å². The Bertz CT molecular complexity index is 272. The van der Waals surface area contributed by atoms with Crippen LogP contribution in [0.1, 0.15) is 17.9 Å². The van der Waals surface area contributed by atoms with Crippen molar-refractivity contribution in [1.82, 2.24) is 0 Å². The van der Waals surface area contributed by atoms with Crippen molar-refractivity contribution in [3.05, 3.63) is 35.9 Å². The van der Waals surface area contributed by atoms with Gasteiger partial charge in [-0.1, -0.05) is 30.3 Å². The lowest BCUT2D eigenvalue weighted by atomic mass is 10.2. The summed E-state index contributed by atoms with van der Waals surface area (Å²) in [6.07, 6.45) is 1.92. The number of ether oxygens (including phenoxy) is 1. The summed E-state index contributed by atoms with van der Waals surface area (Å²) >= 11 is 1.51. The molecule has 3 heteroatoms. The van der Waals surface area contributed by atoms with Crippen molar-refractivity contribution >= 4 is 17.7 Å². The predicted octanol–water partition coefficient (Wildman–Crippen LogP) is 2.61. The Morgan fingerprint density at radius 3 is 2.46 bits per heavy atom. The van der Waals surface area contributed by atoms with Crippen molar-refractivity contribution in [2.24, 2.45) is 0 Å². The summed E-state index contributed by atoms with van der Waals surface area (Å²) in [5.74, 6) is -0.247. The Kier molecular flexibility index (Phi) is 3.83. The fourth-order valence-electron chi connectivity index (χ4n) is 1.01. The van der Waals surface area contributed by atoms with Gasteiger partial charge in [0.05, 0.1) is 0 Å². The molecule has 2 nitrogen and oxygen atoms in total. The molecule has 0 fully saturated rings. The van der Waals surface area contributed by atoms with Crippen LogP contribution in [0.15, 0.2) is 30.3 Å². The number of carbonyl (C=O) groups excluding carboxylic acids is 1. The Morgan fingerprint density at radius 2 is 2.00 bits per heavy atom. The lowest BCUT2D eigenvalue weighted by Crippen LogP contribution is -2.04. The summed E-state index contributed by atoms with van der Waals surface area (Å²) < 4.78 is 5.11. The van der Waals surface area contributed by atoms with E-state index in [0.717, 1.165) is 5.56 Å². The zero-order chi connectivity index (χ0) is 9.68. The topological polar surface area (TPSA) is 26.3 Å². The predicted molar refractivity (Wildman–Crippen MR) is 54.5 cm³/mol. The zero-order valence-electron chi connectivity index (χ0n) is 7.69. The molecule has 0 aliphatic heterocycles. The van der Waals surface area contributed by atoms with Crippen LogP contribution in [0.2, 0.25) is 0 Å². The van der Waals surface area contributed by atoms with E-state index in [2.05, 4.69) is 0 Å². The molecule has 13 heavy (non-hydrogen) atoms. The molecule has 0 aliphatic rings. The number of hydrogen-bond acceptors (Lipinski definition) is 3. The van der Waals surface area contributed by atoms with E-state index in [1.165, 1.54) is 18.7 Å². The minimum absolute atomic E-state index is 0.182. The van der Waals surface area contributed by atoms with Crippen molar-refractivity contribution in [3.8, 4) is 0 Å². The lowest BCUT2D eigenvalue weighted by Gasteiger charge is -2.14. The van der Waals surface area contributed by atoms with Gasteiger partial charge >= 0.3 is 5.97 Å². The highest BCUT2D eigenvalue weighted by molar-refractivity contribution is 7.98. The maximum Gasteiger partial charge on any atom is 0.304 e. The third-order valence-corrected chi connectivity index (χ3v) is 2.36. The Hall–Kier alpha value is -0.960. The Balaban J connectivity index is 2.73. The molecule has 0 aromatic heterocycles. The van der Waals surface area contributed by atoms with Gasteiger partial charge in [0.1, 0.15) is 0 Å². The molecule has 0 bridgehead atoms. The molecule has 1 aromatic rings. The first-order chi connectivity index (χ1) is 6.24. The second kappa shape index (κ2) is 4.92. The molecular formula is C10H12O2S. The monoisotopic (exact) mass is 196 g/mol. The van der Waals surface area contributed by atoms with E-state index >= 15 is 0 Å². The average Bonchev–Trinajstić information content (AvgIpc) is 2.15. The van der Waals surface area contributed by atoms with Crippen molar-refractivity contribution in [2.75, 3.05) is 6.26 Å². The first kappa shape index (κ1) is 10.1. The average molecular weight is 196 g/mol. The Morgan fingerprint density at radius 1 is 1.38 bits per heavy atom. The summed E-state index contributed by atoms with van der Waals surface area (Å²) in [7, 11) is 0. The Labute approximate surface area is 82.3 Å². The van der Waals surface area contributed by atoms with Gasteiger partial charge in [0, 0.05) is 12.5 Å². The van der Waals surface area contributed by atoms with E-state index in [4.69, 9.17) is 4.74 Å². The standard InChI is InChI=1S/C10H12O2S/c1-8(11)12-10(13-2)9-6-4-3-5-7-9/h3-7,10H,1-2H3. The molecule has 1 aromatic carbocycles. The quantitative estimate of drug-likeness (QED) is 0.549. The van der Waals surface area contributed by atoms with Crippen molar-refractivity contribution in [3.63, 3.8) is 0 Å². The fraction of sp³-hybridized carbons (Fsp3) is 0.300. The molecule has 0 saturated heterocycles. The summed E-state index contributed by atoms with van der Waals surface area (Å²) in [5, 5.41) is 0.